The Kier molecular flexibility index (Phi) is 3.93. The molecule has 0 spiro atoms. The van der Waals surface area contributed by atoms with Crippen LogP contribution in [0.4, 0.5) is 0 Å². The minimum Gasteiger partial charge on any atom is -0.420 e. The second-order valence-electron chi connectivity index (χ2n) is 5.63. The van der Waals surface area contributed by atoms with Crippen LogP contribution in [0.1, 0.15) is 17.0 Å². The highest BCUT2D eigenvalue weighted by Crippen LogP contribution is 2.46. The van der Waals surface area contributed by atoms with Crippen molar-refractivity contribution in [2.45, 2.75) is 5.92 Å². The summed E-state index contributed by atoms with van der Waals surface area (Å²) >= 11 is 2.28. The van der Waals surface area contributed by atoms with Crippen LogP contribution in [0.2, 0.25) is 0 Å². The monoisotopic (exact) mass is 440 g/mol. The minimum atomic E-state index is -0.323. The molecule has 0 bridgehead atoms. The van der Waals surface area contributed by atoms with Gasteiger partial charge in [0.25, 0.3) is 0 Å². The molecule has 4 rings (SSSR count). The Morgan fingerprint density at radius 1 is 1.12 bits per heavy atom. The highest BCUT2D eigenvalue weighted by molar-refractivity contribution is 14.1. The lowest BCUT2D eigenvalue weighted by Crippen LogP contribution is -2.21. The van der Waals surface area contributed by atoms with Crippen LogP contribution in [0.3, 0.4) is 0 Å². The number of aromatic amines is 1. The number of H-pyrrole nitrogens is 1. The largest absolute Gasteiger partial charge is 0.420 e. The lowest BCUT2D eigenvalue weighted by molar-refractivity contribution is 0.379. The fourth-order valence-corrected chi connectivity index (χ4v) is 3.79. The molecule has 0 saturated heterocycles. The number of ether oxygens (including phenoxy) is 1. The van der Waals surface area contributed by atoms with Gasteiger partial charge in [0.2, 0.25) is 11.8 Å². The van der Waals surface area contributed by atoms with Crippen LogP contribution in [0.25, 0.3) is 11.3 Å². The number of hydrogen-bond donors (Lipinski definition) is 2. The van der Waals surface area contributed by atoms with E-state index in [0.29, 0.717) is 11.5 Å². The number of nitriles is 1. The predicted octanol–water partition coefficient (Wildman–Crippen LogP) is 3.90. The highest BCUT2D eigenvalue weighted by atomic mass is 127. The minimum absolute atomic E-state index is 0.103. The van der Waals surface area contributed by atoms with Crippen LogP contribution < -0.4 is 10.5 Å². The van der Waals surface area contributed by atoms with E-state index in [1.165, 1.54) is 0 Å². The third-order valence-electron chi connectivity index (χ3n) is 4.22. The summed E-state index contributed by atoms with van der Waals surface area (Å²) < 4.78 is 6.67. The number of fused-ring (bicyclic) bond motifs is 1. The summed E-state index contributed by atoms with van der Waals surface area (Å²) in [5.41, 5.74) is 10.1. The van der Waals surface area contributed by atoms with E-state index in [2.05, 4.69) is 38.9 Å². The first-order chi connectivity index (χ1) is 12.2. The van der Waals surface area contributed by atoms with Crippen molar-refractivity contribution in [2.75, 3.05) is 0 Å². The van der Waals surface area contributed by atoms with Gasteiger partial charge in [-0.3, -0.25) is 5.10 Å². The molecule has 0 aliphatic carbocycles. The molecule has 0 radical (unpaired) electrons. The highest BCUT2D eigenvalue weighted by Gasteiger charge is 2.36. The molecular formula is C19H13IN4O. The Balaban J connectivity index is 1.99. The van der Waals surface area contributed by atoms with E-state index in [-0.39, 0.29) is 11.8 Å². The van der Waals surface area contributed by atoms with Crippen LogP contribution in [0.15, 0.2) is 66.1 Å². The molecule has 3 aromatic rings. The molecule has 0 saturated carbocycles. The van der Waals surface area contributed by atoms with Crippen molar-refractivity contribution in [1.82, 2.24) is 10.2 Å². The van der Waals surface area contributed by atoms with Gasteiger partial charge in [0.15, 0.2) is 0 Å². The number of allylic oxidation sites excluding steroid dienone is 1. The fourth-order valence-electron chi connectivity index (χ4n) is 3.09. The Hall–Kier alpha value is -2.79. The molecule has 1 aliphatic heterocycles. The summed E-state index contributed by atoms with van der Waals surface area (Å²) in [5.74, 6) is 0.196. The number of halogens is 1. The third kappa shape index (κ3) is 2.57. The molecule has 0 unspecified atom stereocenters. The van der Waals surface area contributed by atoms with Gasteiger partial charge in [-0.2, -0.15) is 5.26 Å². The molecule has 1 aromatic heterocycles. The van der Waals surface area contributed by atoms with E-state index >= 15 is 0 Å². The van der Waals surface area contributed by atoms with Gasteiger partial charge < -0.3 is 10.5 Å². The fraction of sp³-hybridized carbons (Fsp3) is 0.0526. The van der Waals surface area contributed by atoms with E-state index in [4.69, 9.17) is 10.5 Å². The summed E-state index contributed by atoms with van der Waals surface area (Å²) in [7, 11) is 0. The van der Waals surface area contributed by atoms with Crippen LogP contribution in [-0.4, -0.2) is 10.2 Å². The molecule has 1 atom stereocenters. The zero-order chi connectivity index (χ0) is 17.4. The molecule has 1 aliphatic rings. The van der Waals surface area contributed by atoms with Gasteiger partial charge in [0.1, 0.15) is 11.6 Å². The molecule has 3 N–H and O–H groups in total. The molecule has 25 heavy (non-hydrogen) atoms. The van der Waals surface area contributed by atoms with E-state index in [1.807, 2.05) is 54.6 Å². The van der Waals surface area contributed by atoms with Gasteiger partial charge in [-0.05, 0) is 39.8 Å². The van der Waals surface area contributed by atoms with E-state index in [9.17, 15) is 5.26 Å². The van der Waals surface area contributed by atoms with Gasteiger partial charge in [0.05, 0.1) is 17.2 Å². The Bertz CT molecular complexity index is 1020. The maximum Gasteiger partial charge on any atom is 0.244 e. The second-order valence-corrected chi connectivity index (χ2v) is 6.79. The summed E-state index contributed by atoms with van der Waals surface area (Å²) in [4.78, 5) is 0. The maximum absolute atomic E-state index is 9.71. The number of nitrogens with one attached hydrogen (secondary N) is 1. The van der Waals surface area contributed by atoms with Crippen molar-refractivity contribution in [3.63, 3.8) is 0 Å². The molecule has 0 amide bonds. The summed E-state index contributed by atoms with van der Waals surface area (Å²) in [6.45, 7) is 0. The second kappa shape index (κ2) is 6.26. The Morgan fingerprint density at radius 3 is 2.56 bits per heavy atom. The van der Waals surface area contributed by atoms with Crippen molar-refractivity contribution in [1.29, 1.82) is 5.26 Å². The van der Waals surface area contributed by atoms with Gasteiger partial charge in [-0.25, -0.2) is 0 Å². The van der Waals surface area contributed by atoms with Crippen molar-refractivity contribution >= 4 is 22.6 Å². The molecule has 5 nitrogen and oxygen atoms in total. The van der Waals surface area contributed by atoms with E-state index in [0.717, 1.165) is 26.0 Å². The SMILES string of the molecule is N#CC1=C(N)Oc2n[nH]c(-c3ccccc3)c2[C@@H]1c1ccccc1I. The normalized spacial score (nSPS) is 16.1. The maximum atomic E-state index is 9.71. The number of hydrogen-bond acceptors (Lipinski definition) is 4. The van der Waals surface area contributed by atoms with Crippen LogP contribution >= 0.6 is 22.6 Å². The van der Waals surface area contributed by atoms with E-state index < -0.39 is 0 Å². The summed E-state index contributed by atoms with van der Waals surface area (Å²) in [6.07, 6.45) is 0. The predicted molar refractivity (Wildman–Crippen MR) is 102 cm³/mol. The standard InChI is InChI=1S/C19H13IN4O/c20-14-9-5-4-8-12(14)15-13(10-21)18(22)25-19-16(15)17(23-24-19)11-6-2-1-3-7-11/h1-9,15H,22H2,(H,23,24)/t15-/m1/s1. The van der Waals surface area contributed by atoms with Gasteiger partial charge in [0, 0.05) is 3.57 Å². The zero-order valence-electron chi connectivity index (χ0n) is 13.0. The van der Waals surface area contributed by atoms with Gasteiger partial charge in [-0.15, -0.1) is 5.10 Å². The first-order valence-electron chi connectivity index (χ1n) is 7.66. The average Bonchev–Trinajstić information content (AvgIpc) is 3.05. The first-order valence-corrected chi connectivity index (χ1v) is 8.74. The zero-order valence-corrected chi connectivity index (χ0v) is 15.2. The van der Waals surface area contributed by atoms with Crippen molar-refractivity contribution < 1.29 is 4.74 Å². The van der Waals surface area contributed by atoms with E-state index in [1.54, 1.807) is 0 Å². The smallest absolute Gasteiger partial charge is 0.244 e. The van der Waals surface area contributed by atoms with Crippen LogP contribution in [0.5, 0.6) is 5.88 Å². The number of benzene rings is 2. The molecule has 2 heterocycles. The van der Waals surface area contributed by atoms with Gasteiger partial charge >= 0.3 is 0 Å². The number of rotatable bonds is 2. The van der Waals surface area contributed by atoms with Crippen molar-refractivity contribution in [3.05, 3.63) is 80.8 Å². The molecule has 122 valence electrons. The number of nitrogens with two attached hydrogens (primary N) is 1. The summed E-state index contributed by atoms with van der Waals surface area (Å²) in [6, 6.07) is 20.0. The Labute approximate surface area is 158 Å². The molecular weight excluding hydrogens is 427 g/mol. The lowest BCUT2D eigenvalue weighted by Gasteiger charge is -2.24. The van der Waals surface area contributed by atoms with Crippen LogP contribution in [0, 0.1) is 14.9 Å². The number of nitrogens with zero attached hydrogens (tertiary/aromatic N) is 2. The topological polar surface area (TPSA) is 87.7 Å². The third-order valence-corrected chi connectivity index (χ3v) is 5.20. The quantitative estimate of drug-likeness (QED) is 0.592. The number of aromatic nitrogens is 2. The average molecular weight is 440 g/mol. The molecule has 2 aromatic carbocycles. The molecule has 6 heteroatoms. The van der Waals surface area contributed by atoms with Crippen molar-refractivity contribution in [2.24, 2.45) is 5.73 Å². The summed E-state index contributed by atoms with van der Waals surface area (Å²) in [5, 5.41) is 17.0. The van der Waals surface area contributed by atoms with Gasteiger partial charge in [-0.1, -0.05) is 48.5 Å². The van der Waals surface area contributed by atoms with Crippen LogP contribution in [-0.2, 0) is 0 Å². The molecule has 0 fully saturated rings. The van der Waals surface area contributed by atoms with Crippen molar-refractivity contribution in [3.8, 4) is 23.2 Å². The Morgan fingerprint density at radius 2 is 1.84 bits per heavy atom. The lowest BCUT2D eigenvalue weighted by atomic mass is 9.83. The first kappa shape index (κ1) is 15.7.